The topological polar surface area (TPSA) is 56.1 Å². The van der Waals surface area contributed by atoms with Gasteiger partial charge >= 0.3 is 5.56 Å². The molecule has 0 fully saturated rings. The zero-order valence-electron chi connectivity index (χ0n) is 14.9. The summed E-state index contributed by atoms with van der Waals surface area (Å²) in [6, 6.07) is 6.71. The van der Waals surface area contributed by atoms with Gasteiger partial charge in [-0.1, -0.05) is 6.07 Å². The second kappa shape index (κ2) is 7.71. The molecule has 0 atom stereocenters. The van der Waals surface area contributed by atoms with Gasteiger partial charge < -0.3 is 14.6 Å². The van der Waals surface area contributed by atoms with Crippen LogP contribution in [0.5, 0.6) is 5.75 Å². The first-order valence-electron chi connectivity index (χ1n) is 8.10. The maximum Gasteiger partial charge on any atom is 0.310 e. The molecule has 0 saturated carbocycles. The summed E-state index contributed by atoms with van der Waals surface area (Å²) in [5.41, 5.74) is 0.232. The summed E-state index contributed by atoms with van der Waals surface area (Å²) < 4.78 is 60.2. The van der Waals surface area contributed by atoms with Gasteiger partial charge in [0.25, 0.3) is 0 Å². The van der Waals surface area contributed by atoms with Crippen molar-refractivity contribution in [2.24, 2.45) is 0 Å². The lowest BCUT2D eigenvalue weighted by Crippen LogP contribution is -2.20. The first-order valence-corrected chi connectivity index (χ1v) is 8.10. The number of ether oxygens (including phenoxy) is 1. The lowest BCUT2D eigenvalue weighted by molar-refractivity contribution is 0.415. The maximum atomic E-state index is 13.8. The molecule has 1 N–H and O–H groups in total. The minimum atomic E-state index is -1.60. The number of rotatable bonds is 5. The van der Waals surface area contributed by atoms with Crippen LogP contribution < -0.4 is 15.6 Å². The zero-order valence-corrected chi connectivity index (χ0v) is 14.9. The number of benzene rings is 2. The Kier molecular flexibility index (Phi) is 5.34. The molecule has 2 aromatic carbocycles. The summed E-state index contributed by atoms with van der Waals surface area (Å²) in [6.07, 6.45) is 0.854. The van der Waals surface area contributed by atoms with Crippen LogP contribution >= 0.6 is 0 Å². The lowest BCUT2D eigenvalue weighted by Gasteiger charge is -2.16. The molecule has 1 aromatic heterocycles. The Morgan fingerprint density at radius 1 is 1.07 bits per heavy atom. The number of halogens is 4. The van der Waals surface area contributed by atoms with Crippen LogP contribution in [-0.2, 0) is 6.54 Å². The zero-order chi connectivity index (χ0) is 20.4. The maximum absolute atomic E-state index is 13.8. The molecular weight excluding hydrogens is 378 g/mol. The number of aryl methyl sites for hydroxylation is 1. The Bertz CT molecular complexity index is 1080. The Labute approximate surface area is 157 Å². The quantitative estimate of drug-likeness (QED) is 0.528. The van der Waals surface area contributed by atoms with Crippen molar-refractivity contribution in [3.63, 3.8) is 0 Å². The fraction of sp³-hybridized carbons (Fsp3) is 0.158. The van der Waals surface area contributed by atoms with Crippen LogP contribution in [0.4, 0.5) is 29.2 Å². The highest BCUT2D eigenvalue weighted by Crippen LogP contribution is 2.25. The molecule has 0 amide bonds. The number of anilines is 2. The van der Waals surface area contributed by atoms with Gasteiger partial charge in [0, 0.05) is 18.0 Å². The van der Waals surface area contributed by atoms with Crippen LogP contribution in [0.2, 0.25) is 0 Å². The SMILES string of the molecule is COc1ccc(C)c(Nc2nc(=O)c(F)cn2Cc2cc(F)c(F)c(F)c2)c1. The van der Waals surface area contributed by atoms with Gasteiger partial charge in [0.05, 0.1) is 13.7 Å². The van der Waals surface area contributed by atoms with Gasteiger partial charge in [0.15, 0.2) is 17.5 Å². The highest BCUT2D eigenvalue weighted by Gasteiger charge is 2.14. The van der Waals surface area contributed by atoms with Crippen LogP contribution in [0, 0.1) is 30.2 Å². The van der Waals surface area contributed by atoms with Crippen molar-refractivity contribution < 1.29 is 22.3 Å². The number of aromatic nitrogens is 2. The Hall–Kier alpha value is -3.36. The number of methoxy groups -OCH3 is 1. The molecule has 5 nitrogen and oxygen atoms in total. The number of nitrogens with one attached hydrogen (secondary N) is 1. The highest BCUT2D eigenvalue weighted by atomic mass is 19.2. The third-order valence-electron chi connectivity index (χ3n) is 4.04. The van der Waals surface area contributed by atoms with Crippen molar-refractivity contribution in [1.29, 1.82) is 0 Å². The minimum absolute atomic E-state index is 0.0201. The van der Waals surface area contributed by atoms with Crippen molar-refractivity contribution in [2.45, 2.75) is 13.5 Å². The number of hydrogen-bond acceptors (Lipinski definition) is 4. The summed E-state index contributed by atoms with van der Waals surface area (Å²) in [5.74, 6) is -5.01. The van der Waals surface area contributed by atoms with Crippen molar-refractivity contribution in [2.75, 3.05) is 12.4 Å². The second-order valence-corrected chi connectivity index (χ2v) is 6.02. The minimum Gasteiger partial charge on any atom is -0.497 e. The van der Waals surface area contributed by atoms with Crippen LogP contribution in [0.25, 0.3) is 0 Å². The molecule has 0 aliphatic carbocycles. The third kappa shape index (κ3) is 3.98. The Morgan fingerprint density at radius 3 is 2.39 bits per heavy atom. The third-order valence-corrected chi connectivity index (χ3v) is 4.04. The molecule has 0 unspecified atom stereocenters. The molecule has 1 heterocycles. The van der Waals surface area contributed by atoms with E-state index < -0.39 is 28.8 Å². The van der Waals surface area contributed by atoms with E-state index in [4.69, 9.17) is 4.74 Å². The highest BCUT2D eigenvalue weighted by molar-refractivity contribution is 5.61. The van der Waals surface area contributed by atoms with E-state index in [0.717, 1.165) is 28.5 Å². The first-order chi connectivity index (χ1) is 13.3. The van der Waals surface area contributed by atoms with E-state index in [0.29, 0.717) is 11.4 Å². The van der Waals surface area contributed by atoms with Crippen molar-refractivity contribution in [1.82, 2.24) is 9.55 Å². The van der Waals surface area contributed by atoms with Crippen molar-refractivity contribution in [3.05, 3.63) is 81.3 Å². The van der Waals surface area contributed by atoms with E-state index in [1.165, 1.54) is 7.11 Å². The molecule has 0 radical (unpaired) electrons. The van der Waals surface area contributed by atoms with Crippen molar-refractivity contribution >= 4 is 11.6 Å². The summed E-state index contributed by atoms with van der Waals surface area (Å²) in [7, 11) is 1.48. The molecule has 146 valence electrons. The molecule has 0 aliphatic heterocycles. The van der Waals surface area contributed by atoms with Crippen LogP contribution in [0.15, 0.2) is 41.3 Å². The predicted molar refractivity (Wildman–Crippen MR) is 94.9 cm³/mol. The Morgan fingerprint density at radius 2 is 1.75 bits per heavy atom. The molecule has 0 saturated heterocycles. The van der Waals surface area contributed by atoms with Crippen LogP contribution in [-0.4, -0.2) is 16.7 Å². The molecule has 28 heavy (non-hydrogen) atoms. The van der Waals surface area contributed by atoms with Crippen LogP contribution in [0.3, 0.4) is 0 Å². The molecule has 9 heteroatoms. The van der Waals surface area contributed by atoms with Crippen LogP contribution in [0.1, 0.15) is 11.1 Å². The summed E-state index contributed by atoms with van der Waals surface area (Å²) in [5, 5.41) is 2.89. The smallest absolute Gasteiger partial charge is 0.310 e. The predicted octanol–water partition coefficient (Wildman–Crippen LogP) is 3.91. The molecule has 0 bridgehead atoms. The van der Waals surface area contributed by atoms with Gasteiger partial charge in [-0.25, -0.2) is 13.2 Å². The normalized spacial score (nSPS) is 10.8. The van der Waals surface area contributed by atoms with Gasteiger partial charge in [-0.2, -0.15) is 9.37 Å². The molecular formula is C19H15F4N3O2. The molecule has 0 aliphatic rings. The average molecular weight is 393 g/mol. The fourth-order valence-corrected chi connectivity index (χ4v) is 2.57. The van der Waals surface area contributed by atoms with E-state index in [9.17, 15) is 22.4 Å². The van der Waals surface area contributed by atoms with Gasteiger partial charge in [-0.15, -0.1) is 0 Å². The number of hydrogen-bond donors (Lipinski definition) is 1. The van der Waals surface area contributed by atoms with Gasteiger partial charge in [0.1, 0.15) is 5.75 Å². The summed E-state index contributed by atoms with van der Waals surface area (Å²) in [4.78, 5) is 15.3. The molecule has 3 aromatic rings. The molecule has 0 spiro atoms. The monoisotopic (exact) mass is 393 g/mol. The Balaban J connectivity index is 2.03. The fourth-order valence-electron chi connectivity index (χ4n) is 2.57. The summed E-state index contributed by atoms with van der Waals surface area (Å²) >= 11 is 0. The molecule has 3 rings (SSSR count). The van der Waals surface area contributed by atoms with E-state index in [2.05, 4.69) is 10.3 Å². The van der Waals surface area contributed by atoms with E-state index in [-0.39, 0.29) is 18.1 Å². The van der Waals surface area contributed by atoms with Gasteiger partial charge in [-0.05, 0) is 36.2 Å². The largest absolute Gasteiger partial charge is 0.497 e. The summed E-state index contributed by atoms with van der Waals surface area (Å²) in [6.45, 7) is 1.53. The number of nitrogens with zero attached hydrogens (tertiary/aromatic N) is 2. The average Bonchev–Trinajstić information content (AvgIpc) is 2.65. The van der Waals surface area contributed by atoms with Gasteiger partial charge in [-0.3, -0.25) is 4.79 Å². The lowest BCUT2D eigenvalue weighted by atomic mass is 10.2. The first kappa shape index (κ1) is 19.4. The van der Waals surface area contributed by atoms with E-state index in [1.807, 2.05) is 0 Å². The van der Waals surface area contributed by atoms with Gasteiger partial charge in [0.2, 0.25) is 11.8 Å². The van der Waals surface area contributed by atoms with E-state index in [1.54, 1.807) is 25.1 Å². The van der Waals surface area contributed by atoms with E-state index >= 15 is 0 Å². The standard InChI is InChI=1S/C19H15F4N3O2/c1-10-3-4-12(28-2)7-16(10)24-19-25-18(27)15(22)9-26(19)8-11-5-13(20)17(23)14(21)6-11/h3-7,9H,8H2,1-2H3,(H,24,25,27). The van der Waals surface area contributed by atoms with Crippen molar-refractivity contribution in [3.8, 4) is 5.75 Å². The second-order valence-electron chi connectivity index (χ2n) is 6.02.